The zero-order chi connectivity index (χ0) is 22.6. The molecule has 1 aromatic carbocycles. The van der Waals surface area contributed by atoms with E-state index in [4.69, 9.17) is 25.2 Å². The second-order valence-electron chi connectivity index (χ2n) is 7.83. The molecule has 1 aromatic rings. The summed E-state index contributed by atoms with van der Waals surface area (Å²) in [6.45, 7) is 2.10. The first-order valence-electron chi connectivity index (χ1n) is 9.76. The summed E-state index contributed by atoms with van der Waals surface area (Å²) in [5, 5.41) is 32.5. The second kappa shape index (κ2) is 10.0. The SMILES string of the molecule is COC(=O)C1C(c2ccc(C)cc2)CC2CCC1N2C.O=C(O)C(O)C(O)C(=O)O. The maximum atomic E-state index is 12.3. The van der Waals surface area contributed by atoms with Crippen molar-refractivity contribution in [1.82, 2.24) is 4.90 Å². The molecule has 2 aliphatic heterocycles. The first-order valence-corrected chi connectivity index (χ1v) is 9.76. The smallest absolute Gasteiger partial charge is 0.335 e. The van der Waals surface area contributed by atoms with Crippen LogP contribution in [-0.2, 0) is 19.1 Å². The minimum Gasteiger partial charge on any atom is -0.479 e. The summed E-state index contributed by atoms with van der Waals surface area (Å²) in [5.74, 6) is -3.30. The Morgan fingerprint density at radius 3 is 2.03 bits per heavy atom. The average Bonchev–Trinajstić information content (AvgIpc) is 2.95. The molecular weight excluding hydrogens is 394 g/mol. The maximum absolute atomic E-state index is 12.3. The standard InChI is InChI=1S/C17H23NO2.C4H6O6/c1-11-4-6-12(7-5-11)14-10-13-8-9-15(18(13)2)16(14)17(19)20-3;5-1(3(7)8)2(6)4(9)10/h4-7,13-16H,8-10H2,1-3H3;1-2,5-6H,(H,7,8)(H,9,10). The van der Waals surface area contributed by atoms with Gasteiger partial charge in [-0.05, 0) is 38.8 Å². The topological polar surface area (TPSA) is 145 Å². The van der Waals surface area contributed by atoms with Gasteiger partial charge in [-0.25, -0.2) is 9.59 Å². The molecule has 2 aliphatic rings. The highest BCUT2D eigenvalue weighted by molar-refractivity contribution is 5.83. The lowest BCUT2D eigenvalue weighted by atomic mass is 9.76. The van der Waals surface area contributed by atoms with E-state index in [-0.39, 0.29) is 11.9 Å². The van der Waals surface area contributed by atoms with E-state index in [9.17, 15) is 14.4 Å². The third kappa shape index (κ3) is 5.16. The molecule has 4 N–H and O–H groups in total. The molecule has 0 amide bonds. The van der Waals surface area contributed by atoms with Crippen molar-refractivity contribution in [2.75, 3.05) is 14.2 Å². The summed E-state index contributed by atoms with van der Waals surface area (Å²) in [4.78, 5) is 34.2. The van der Waals surface area contributed by atoms with Crippen molar-refractivity contribution in [3.63, 3.8) is 0 Å². The number of ether oxygens (including phenoxy) is 1. The number of fused-ring (bicyclic) bond motifs is 2. The van der Waals surface area contributed by atoms with E-state index in [1.165, 1.54) is 24.7 Å². The lowest BCUT2D eigenvalue weighted by Gasteiger charge is -2.41. The summed E-state index contributed by atoms with van der Waals surface area (Å²) in [5.41, 5.74) is 2.55. The van der Waals surface area contributed by atoms with E-state index in [1.54, 1.807) is 0 Å². The molecule has 6 unspecified atom stereocenters. The number of aliphatic hydroxyl groups excluding tert-OH is 2. The summed E-state index contributed by atoms with van der Waals surface area (Å²) in [6, 6.07) is 9.61. The van der Waals surface area contributed by atoms with E-state index in [0.29, 0.717) is 18.0 Å². The van der Waals surface area contributed by atoms with Gasteiger partial charge in [-0.15, -0.1) is 0 Å². The molecule has 0 radical (unpaired) electrons. The lowest BCUT2D eigenvalue weighted by Crippen LogP contribution is -2.49. The van der Waals surface area contributed by atoms with Crippen LogP contribution in [0.25, 0.3) is 0 Å². The van der Waals surface area contributed by atoms with Gasteiger partial charge in [-0.2, -0.15) is 0 Å². The molecule has 0 aliphatic carbocycles. The first kappa shape index (κ1) is 23.8. The number of methoxy groups -OCH3 is 1. The molecule has 3 rings (SSSR count). The quantitative estimate of drug-likeness (QED) is 0.501. The van der Waals surface area contributed by atoms with Crippen LogP contribution < -0.4 is 0 Å². The summed E-state index contributed by atoms with van der Waals surface area (Å²) < 4.78 is 5.10. The first-order chi connectivity index (χ1) is 14.1. The predicted molar refractivity (Wildman–Crippen MR) is 106 cm³/mol. The van der Waals surface area contributed by atoms with Crippen LogP contribution in [0.3, 0.4) is 0 Å². The predicted octanol–water partition coefficient (Wildman–Crippen LogP) is 0.612. The van der Waals surface area contributed by atoms with Crippen molar-refractivity contribution in [2.45, 2.75) is 56.4 Å². The third-order valence-corrected chi connectivity index (χ3v) is 6.05. The van der Waals surface area contributed by atoms with Crippen molar-refractivity contribution in [3.05, 3.63) is 35.4 Å². The van der Waals surface area contributed by atoms with Crippen LogP contribution in [-0.4, -0.2) is 81.7 Å². The Morgan fingerprint density at radius 2 is 1.57 bits per heavy atom. The number of hydrogen-bond acceptors (Lipinski definition) is 7. The van der Waals surface area contributed by atoms with Gasteiger partial charge in [0.2, 0.25) is 0 Å². The third-order valence-electron chi connectivity index (χ3n) is 6.05. The number of carboxylic acid groups (broad SMARTS) is 2. The van der Waals surface area contributed by atoms with Crippen molar-refractivity contribution >= 4 is 17.9 Å². The highest BCUT2D eigenvalue weighted by Crippen LogP contribution is 2.46. The van der Waals surface area contributed by atoms with Crippen LogP contribution in [0.1, 0.15) is 36.3 Å². The molecule has 2 saturated heterocycles. The Labute approximate surface area is 174 Å². The highest BCUT2D eigenvalue weighted by Gasteiger charge is 2.49. The molecule has 30 heavy (non-hydrogen) atoms. The number of aliphatic carboxylic acids is 2. The number of piperidine rings is 1. The average molecular weight is 423 g/mol. The van der Waals surface area contributed by atoms with Crippen molar-refractivity contribution in [1.29, 1.82) is 0 Å². The molecule has 6 atom stereocenters. The summed E-state index contributed by atoms with van der Waals surface area (Å²) in [6.07, 6.45) is -1.15. The van der Waals surface area contributed by atoms with Gasteiger partial charge < -0.3 is 25.2 Å². The fraction of sp³-hybridized carbons (Fsp3) is 0.571. The van der Waals surface area contributed by atoms with Gasteiger partial charge in [0, 0.05) is 18.0 Å². The molecular formula is C21H29NO8. The van der Waals surface area contributed by atoms with E-state index >= 15 is 0 Å². The lowest BCUT2D eigenvalue weighted by molar-refractivity contribution is -0.165. The number of esters is 1. The zero-order valence-electron chi connectivity index (χ0n) is 17.3. The van der Waals surface area contributed by atoms with Crippen molar-refractivity contribution in [3.8, 4) is 0 Å². The fourth-order valence-electron chi connectivity index (χ4n) is 4.35. The molecule has 166 valence electrons. The number of carbonyl (C=O) groups is 3. The maximum Gasteiger partial charge on any atom is 0.335 e. The minimum atomic E-state index is -2.27. The minimum absolute atomic E-state index is 0.0218. The van der Waals surface area contributed by atoms with E-state index in [1.807, 2.05) is 0 Å². The van der Waals surface area contributed by atoms with Gasteiger partial charge in [0.05, 0.1) is 13.0 Å². The Morgan fingerprint density at radius 1 is 1.03 bits per heavy atom. The summed E-state index contributed by atoms with van der Waals surface area (Å²) in [7, 11) is 3.67. The number of nitrogens with zero attached hydrogens (tertiary/aromatic N) is 1. The van der Waals surface area contributed by atoms with Crippen LogP contribution in [0.4, 0.5) is 0 Å². The van der Waals surface area contributed by atoms with Crippen LogP contribution in [0.15, 0.2) is 24.3 Å². The molecule has 0 aromatic heterocycles. The van der Waals surface area contributed by atoms with Crippen molar-refractivity contribution in [2.24, 2.45) is 5.92 Å². The number of aryl methyl sites for hydroxylation is 1. The molecule has 2 heterocycles. The van der Waals surface area contributed by atoms with Gasteiger partial charge >= 0.3 is 17.9 Å². The van der Waals surface area contributed by atoms with Crippen LogP contribution in [0, 0.1) is 12.8 Å². The van der Waals surface area contributed by atoms with E-state index in [0.717, 1.165) is 12.8 Å². The molecule has 0 saturated carbocycles. The largest absolute Gasteiger partial charge is 0.479 e. The number of aliphatic hydroxyl groups is 2. The number of benzene rings is 1. The van der Waals surface area contributed by atoms with E-state index in [2.05, 4.69) is 43.1 Å². The van der Waals surface area contributed by atoms with Crippen molar-refractivity contribution < 1.29 is 39.5 Å². The van der Waals surface area contributed by atoms with E-state index < -0.39 is 24.1 Å². The Balaban J connectivity index is 0.000000274. The van der Waals surface area contributed by atoms with Gasteiger partial charge in [-0.1, -0.05) is 29.8 Å². The van der Waals surface area contributed by atoms with Crippen LogP contribution >= 0.6 is 0 Å². The Bertz CT molecular complexity index is 747. The highest BCUT2D eigenvalue weighted by atomic mass is 16.5. The molecule has 9 heteroatoms. The number of rotatable bonds is 5. The van der Waals surface area contributed by atoms with Gasteiger partial charge in [0.25, 0.3) is 0 Å². The molecule has 2 fully saturated rings. The number of carbonyl (C=O) groups excluding carboxylic acids is 1. The molecule has 2 bridgehead atoms. The fourth-order valence-corrected chi connectivity index (χ4v) is 4.35. The second-order valence-corrected chi connectivity index (χ2v) is 7.83. The normalized spacial score (nSPS) is 27.4. The zero-order valence-corrected chi connectivity index (χ0v) is 17.3. The van der Waals surface area contributed by atoms with Gasteiger partial charge in [0.1, 0.15) is 0 Å². The molecule has 0 spiro atoms. The Hall–Kier alpha value is -2.49. The molecule has 9 nitrogen and oxygen atoms in total. The summed E-state index contributed by atoms with van der Waals surface area (Å²) >= 11 is 0. The monoisotopic (exact) mass is 423 g/mol. The van der Waals surface area contributed by atoms with Gasteiger partial charge in [0.15, 0.2) is 12.2 Å². The number of carboxylic acids is 2. The van der Waals surface area contributed by atoms with Gasteiger partial charge in [-0.3, -0.25) is 9.69 Å². The Kier molecular flexibility index (Phi) is 7.94. The van der Waals surface area contributed by atoms with Crippen LogP contribution in [0.2, 0.25) is 0 Å². The van der Waals surface area contributed by atoms with Crippen LogP contribution in [0.5, 0.6) is 0 Å². The number of hydrogen-bond donors (Lipinski definition) is 4.